The van der Waals surface area contributed by atoms with Crippen molar-refractivity contribution in [3.05, 3.63) is 29.8 Å². The first-order chi connectivity index (χ1) is 10.7. The van der Waals surface area contributed by atoms with Gasteiger partial charge in [-0.3, -0.25) is 4.79 Å². The van der Waals surface area contributed by atoms with Crippen LogP contribution >= 0.6 is 0 Å². The average Bonchev–Trinajstić information content (AvgIpc) is 2.45. The lowest BCUT2D eigenvalue weighted by molar-refractivity contribution is -0.145. The van der Waals surface area contributed by atoms with Gasteiger partial charge in [-0.05, 0) is 37.6 Å². The predicted molar refractivity (Wildman–Crippen MR) is 78.5 cm³/mol. The first-order valence-corrected chi connectivity index (χ1v) is 6.52. The van der Waals surface area contributed by atoms with E-state index in [0.29, 0.717) is 5.56 Å². The highest BCUT2D eigenvalue weighted by atomic mass is 19.3. The van der Waals surface area contributed by atoms with Gasteiger partial charge in [-0.15, -0.1) is 0 Å². The normalized spacial score (nSPS) is 11.6. The van der Waals surface area contributed by atoms with E-state index in [1.165, 1.54) is 45.2 Å². The number of aliphatic carboxylic acids is 1. The van der Waals surface area contributed by atoms with Crippen LogP contribution in [0.2, 0.25) is 0 Å². The van der Waals surface area contributed by atoms with Crippen LogP contribution in [0.4, 0.5) is 8.78 Å². The molecule has 0 unspecified atom stereocenters. The van der Waals surface area contributed by atoms with Gasteiger partial charge in [-0.2, -0.15) is 8.78 Å². The number of rotatable bonds is 7. The molecule has 23 heavy (non-hydrogen) atoms. The van der Waals surface area contributed by atoms with Crippen molar-refractivity contribution in [1.82, 2.24) is 5.32 Å². The Labute approximate surface area is 131 Å². The van der Waals surface area contributed by atoms with E-state index >= 15 is 0 Å². The Hall–Kier alpha value is -2.64. The lowest BCUT2D eigenvalue weighted by Gasteiger charge is -2.19. The number of benzene rings is 1. The van der Waals surface area contributed by atoms with Gasteiger partial charge in [0, 0.05) is 6.08 Å². The van der Waals surface area contributed by atoms with Crippen molar-refractivity contribution >= 4 is 18.0 Å². The maximum absolute atomic E-state index is 12.2. The third-order valence-electron chi connectivity index (χ3n) is 2.80. The van der Waals surface area contributed by atoms with Crippen LogP contribution in [0.25, 0.3) is 6.08 Å². The summed E-state index contributed by atoms with van der Waals surface area (Å²) in [7, 11) is 1.29. The van der Waals surface area contributed by atoms with E-state index in [4.69, 9.17) is 9.84 Å². The number of carbonyl (C=O) groups is 2. The second-order valence-electron chi connectivity index (χ2n) is 5.04. The molecule has 1 aromatic rings. The summed E-state index contributed by atoms with van der Waals surface area (Å²) in [5.41, 5.74) is -0.916. The van der Waals surface area contributed by atoms with Crippen molar-refractivity contribution in [2.75, 3.05) is 7.11 Å². The number of ether oxygens (including phenoxy) is 2. The lowest BCUT2D eigenvalue weighted by Crippen LogP contribution is -2.49. The minimum absolute atomic E-state index is 0.0822. The topological polar surface area (TPSA) is 84.9 Å². The zero-order chi connectivity index (χ0) is 17.6. The fourth-order valence-electron chi connectivity index (χ4n) is 1.56. The highest BCUT2D eigenvalue weighted by Gasteiger charge is 2.27. The Morgan fingerprint density at radius 3 is 2.48 bits per heavy atom. The Bertz CT molecular complexity index is 614. The van der Waals surface area contributed by atoms with Crippen molar-refractivity contribution in [1.29, 1.82) is 0 Å². The fourth-order valence-corrected chi connectivity index (χ4v) is 1.56. The molecule has 0 radical (unpaired) electrons. The number of carboxylic acid groups (broad SMARTS) is 1. The molecule has 6 nitrogen and oxygen atoms in total. The highest BCUT2D eigenvalue weighted by Crippen LogP contribution is 2.29. The van der Waals surface area contributed by atoms with Crippen molar-refractivity contribution in [3.63, 3.8) is 0 Å². The summed E-state index contributed by atoms with van der Waals surface area (Å²) in [5.74, 6) is -1.83. The van der Waals surface area contributed by atoms with Gasteiger partial charge >= 0.3 is 12.6 Å². The number of carbonyl (C=O) groups excluding carboxylic acids is 1. The lowest BCUT2D eigenvalue weighted by atomic mass is 10.1. The molecule has 0 spiro atoms. The van der Waals surface area contributed by atoms with Gasteiger partial charge in [0.15, 0.2) is 11.5 Å². The molecule has 1 aromatic carbocycles. The monoisotopic (exact) mass is 329 g/mol. The summed E-state index contributed by atoms with van der Waals surface area (Å²) < 4.78 is 33.7. The van der Waals surface area contributed by atoms with Gasteiger partial charge in [0.05, 0.1) is 7.11 Å². The van der Waals surface area contributed by atoms with Crippen LogP contribution in [-0.2, 0) is 9.59 Å². The molecule has 8 heteroatoms. The number of amides is 1. The third-order valence-corrected chi connectivity index (χ3v) is 2.80. The van der Waals surface area contributed by atoms with Gasteiger partial charge in [-0.1, -0.05) is 6.07 Å². The Morgan fingerprint density at radius 1 is 1.30 bits per heavy atom. The minimum atomic E-state index is -2.98. The number of alkyl halides is 2. The van der Waals surface area contributed by atoms with Crippen LogP contribution in [0.1, 0.15) is 19.4 Å². The predicted octanol–water partition coefficient (Wildman–Crippen LogP) is 2.29. The molecular weight excluding hydrogens is 312 g/mol. The van der Waals surface area contributed by atoms with E-state index in [0.717, 1.165) is 6.08 Å². The zero-order valence-electron chi connectivity index (χ0n) is 12.8. The van der Waals surface area contributed by atoms with E-state index in [1.54, 1.807) is 0 Å². The van der Waals surface area contributed by atoms with Crippen LogP contribution in [-0.4, -0.2) is 36.2 Å². The van der Waals surface area contributed by atoms with Crippen LogP contribution in [0.5, 0.6) is 11.5 Å². The first kappa shape index (κ1) is 18.4. The molecule has 1 amide bonds. The summed E-state index contributed by atoms with van der Waals surface area (Å²) in [6.07, 6.45) is 2.52. The molecule has 0 saturated carbocycles. The summed E-state index contributed by atoms with van der Waals surface area (Å²) in [4.78, 5) is 22.6. The Kier molecular flexibility index (Phi) is 6.06. The van der Waals surface area contributed by atoms with Crippen LogP contribution in [0.3, 0.4) is 0 Å². The Morgan fingerprint density at radius 2 is 1.96 bits per heavy atom. The van der Waals surface area contributed by atoms with E-state index in [1.807, 2.05) is 0 Å². The maximum Gasteiger partial charge on any atom is 0.387 e. The van der Waals surface area contributed by atoms with Gasteiger partial charge in [-0.25, -0.2) is 4.79 Å². The number of hydrogen-bond donors (Lipinski definition) is 2. The van der Waals surface area contributed by atoms with Crippen LogP contribution in [0.15, 0.2) is 24.3 Å². The van der Waals surface area contributed by atoms with Gasteiger partial charge in [0.25, 0.3) is 0 Å². The highest BCUT2D eigenvalue weighted by molar-refractivity contribution is 5.95. The SMILES string of the molecule is COc1cc(C=CC(=O)NC(C)(C)C(=O)O)ccc1OC(F)F. The Balaban J connectivity index is 2.84. The molecule has 0 aliphatic rings. The molecular formula is C15H17F2NO5. The number of carboxylic acids is 1. The molecule has 0 aromatic heterocycles. The fraction of sp³-hybridized carbons (Fsp3) is 0.333. The molecule has 0 fully saturated rings. The van der Waals surface area contributed by atoms with Crippen LogP contribution in [0, 0.1) is 0 Å². The molecule has 0 aliphatic heterocycles. The first-order valence-electron chi connectivity index (χ1n) is 6.52. The van der Waals surface area contributed by atoms with E-state index in [-0.39, 0.29) is 11.5 Å². The number of hydrogen-bond acceptors (Lipinski definition) is 4. The summed E-state index contributed by atoms with van der Waals surface area (Å²) >= 11 is 0. The van der Waals surface area contributed by atoms with Crippen molar-refractivity contribution < 1.29 is 33.0 Å². The summed E-state index contributed by atoms with van der Waals surface area (Å²) in [6.45, 7) is -0.282. The van der Waals surface area contributed by atoms with Gasteiger partial charge in [0.1, 0.15) is 5.54 Å². The minimum Gasteiger partial charge on any atom is -0.493 e. The standard InChI is InChI=1S/C15H17F2NO5/c1-15(2,13(20)21)18-12(19)7-5-9-4-6-10(23-14(16)17)11(8-9)22-3/h4-8,14H,1-3H3,(H,18,19)(H,20,21). The summed E-state index contributed by atoms with van der Waals surface area (Å²) in [6, 6.07) is 4.14. The van der Waals surface area contributed by atoms with E-state index in [9.17, 15) is 18.4 Å². The average molecular weight is 329 g/mol. The van der Waals surface area contributed by atoms with Gasteiger partial charge < -0.3 is 19.9 Å². The molecule has 1 rings (SSSR count). The van der Waals surface area contributed by atoms with Crippen LogP contribution < -0.4 is 14.8 Å². The third kappa shape index (κ3) is 5.57. The molecule has 0 bridgehead atoms. The van der Waals surface area contributed by atoms with Crippen molar-refractivity contribution in [2.24, 2.45) is 0 Å². The zero-order valence-corrected chi connectivity index (χ0v) is 12.8. The van der Waals surface area contributed by atoms with Crippen molar-refractivity contribution in [3.8, 4) is 11.5 Å². The molecule has 0 aliphatic carbocycles. The molecule has 126 valence electrons. The number of methoxy groups -OCH3 is 1. The van der Waals surface area contributed by atoms with E-state index in [2.05, 4.69) is 10.1 Å². The maximum atomic E-state index is 12.2. The molecule has 0 saturated heterocycles. The molecule has 0 atom stereocenters. The van der Waals surface area contributed by atoms with Gasteiger partial charge in [0.2, 0.25) is 5.91 Å². The number of nitrogens with one attached hydrogen (secondary N) is 1. The molecule has 0 heterocycles. The number of halogens is 2. The van der Waals surface area contributed by atoms with Crippen molar-refractivity contribution in [2.45, 2.75) is 26.0 Å². The second-order valence-corrected chi connectivity index (χ2v) is 5.04. The quantitative estimate of drug-likeness (QED) is 0.750. The summed E-state index contributed by atoms with van der Waals surface area (Å²) in [5, 5.41) is 11.2. The molecule has 2 N–H and O–H groups in total. The largest absolute Gasteiger partial charge is 0.493 e. The second kappa shape index (κ2) is 7.57. The smallest absolute Gasteiger partial charge is 0.387 e. The van der Waals surface area contributed by atoms with E-state index < -0.39 is 24.0 Å².